The van der Waals surface area contributed by atoms with Crippen molar-refractivity contribution >= 4 is 12.1 Å². The molecule has 1 amide bonds. The van der Waals surface area contributed by atoms with Crippen molar-refractivity contribution in [2.24, 2.45) is 0 Å². The van der Waals surface area contributed by atoms with Gasteiger partial charge in [0.2, 0.25) is 0 Å². The predicted molar refractivity (Wildman–Crippen MR) is 118 cm³/mol. The number of hydrogen-bond acceptors (Lipinski definition) is 6. The molecule has 31 heavy (non-hydrogen) atoms. The molecule has 1 atom stereocenters. The molecule has 0 fully saturated rings. The third-order valence-electron chi connectivity index (χ3n) is 4.52. The zero-order chi connectivity index (χ0) is 22.6. The Hall–Kier alpha value is -3.74. The minimum Gasteiger partial charge on any atom is -0.497 e. The number of hydrogen-bond donors (Lipinski definition) is 2. The zero-order valence-electron chi connectivity index (χ0n) is 18.0. The van der Waals surface area contributed by atoms with Crippen LogP contribution in [0.3, 0.4) is 0 Å². The number of nitrogens with one attached hydrogen (secondary N) is 2. The molecular weight excluding hydrogens is 396 g/mol. The maximum atomic E-state index is 12.8. The average Bonchev–Trinajstić information content (AvgIpc) is 2.81. The van der Waals surface area contributed by atoms with Gasteiger partial charge in [-0.3, -0.25) is 0 Å². The van der Waals surface area contributed by atoms with Crippen molar-refractivity contribution in [2.45, 2.75) is 19.5 Å². The monoisotopic (exact) mass is 424 g/mol. The second-order valence-electron chi connectivity index (χ2n) is 6.61. The fourth-order valence-corrected chi connectivity index (χ4v) is 2.96. The first kappa shape index (κ1) is 23.5. The highest BCUT2D eigenvalue weighted by Gasteiger charge is 2.28. The number of rotatable bonds is 10. The standard InChI is InChI=1S/C24H28N2O5/c1-5-14-31-24(28)26-22(19-12-9-13-20(15-19)29-3)21(23(27)30-4)17(2)25-16-18-10-7-6-8-11-18/h5-13,15,22,25H,1,14,16H2,2-4H3,(H,26,28)/b21-17-/t22-/m0/s1. The summed E-state index contributed by atoms with van der Waals surface area (Å²) in [6.07, 6.45) is 0.772. The summed E-state index contributed by atoms with van der Waals surface area (Å²) < 4.78 is 15.4. The van der Waals surface area contributed by atoms with Crippen LogP contribution >= 0.6 is 0 Å². The molecule has 0 aromatic heterocycles. The molecule has 0 bridgehead atoms. The van der Waals surface area contributed by atoms with Gasteiger partial charge in [-0.1, -0.05) is 55.1 Å². The van der Waals surface area contributed by atoms with Gasteiger partial charge in [-0.05, 0) is 30.2 Å². The van der Waals surface area contributed by atoms with Crippen LogP contribution < -0.4 is 15.4 Å². The smallest absolute Gasteiger partial charge is 0.408 e. The quantitative estimate of drug-likeness (QED) is 0.342. The molecule has 0 heterocycles. The molecule has 0 unspecified atom stereocenters. The summed E-state index contributed by atoms with van der Waals surface area (Å²) >= 11 is 0. The minimum atomic E-state index is -0.830. The van der Waals surface area contributed by atoms with Gasteiger partial charge in [0.05, 0.1) is 25.8 Å². The van der Waals surface area contributed by atoms with Crippen molar-refractivity contribution in [3.63, 3.8) is 0 Å². The number of ether oxygens (including phenoxy) is 3. The summed E-state index contributed by atoms with van der Waals surface area (Å²) in [4.78, 5) is 25.1. The molecule has 0 saturated carbocycles. The Bertz CT molecular complexity index is 925. The first-order chi connectivity index (χ1) is 15.0. The first-order valence-corrected chi connectivity index (χ1v) is 9.75. The van der Waals surface area contributed by atoms with Crippen LogP contribution in [0.25, 0.3) is 0 Å². The maximum Gasteiger partial charge on any atom is 0.408 e. The van der Waals surface area contributed by atoms with Gasteiger partial charge in [-0.2, -0.15) is 0 Å². The molecule has 0 aliphatic rings. The average molecular weight is 424 g/mol. The van der Waals surface area contributed by atoms with Gasteiger partial charge >= 0.3 is 12.1 Å². The molecular formula is C24H28N2O5. The van der Waals surface area contributed by atoms with Crippen LogP contribution in [-0.4, -0.2) is 32.9 Å². The Morgan fingerprint density at radius 1 is 1.10 bits per heavy atom. The van der Waals surface area contributed by atoms with E-state index in [4.69, 9.17) is 14.2 Å². The SMILES string of the molecule is C=CCOC(=O)N[C@H](/C(C(=O)OC)=C(\C)NCc1ccccc1)c1cccc(OC)c1. The van der Waals surface area contributed by atoms with Crippen molar-refractivity contribution in [3.8, 4) is 5.75 Å². The summed E-state index contributed by atoms with van der Waals surface area (Å²) in [6, 6.07) is 16.0. The van der Waals surface area contributed by atoms with E-state index in [2.05, 4.69) is 17.2 Å². The Morgan fingerprint density at radius 3 is 2.48 bits per heavy atom. The van der Waals surface area contributed by atoms with Crippen LogP contribution in [0, 0.1) is 0 Å². The summed E-state index contributed by atoms with van der Waals surface area (Å²) in [6.45, 7) is 5.84. The van der Waals surface area contributed by atoms with E-state index in [0.29, 0.717) is 23.6 Å². The minimum absolute atomic E-state index is 0.0408. The van der Waals surface area contributed by atoms with E-state index in [9.17, 15) is 9.59 Å². The van der Waals surface area contributed by atoms with Gasteiger partial charge in [-0.15, -0.1) is 0 Å². The highest BCUT2D eigenvalue weighted by Crippen LogP contribution is 2.28. The molecule has 7 nitrogen and oxygen atoms in total. The van der Waals surface area contributed by atoms with E-state index in [1.54, 1.807) is 38.3 Å². The van der Waals surface area contributed by atoms with Crippen molar-refractivity contribution < 1.29 is 23.8 Å². The normalized spacial score (nSPS) is 12.1. The molecule has 2 rings (SSSR count). The molecule has 0 spiro atoms. The predicted octanol–water partition coefficient (Wildman–Crippen LogP) is 3.89. The van der Waals surface area contributed by atoms with Gasteiger partial charge in [0, 0.05) is 12.2 Å². The van der Waals surface area contributed by atoms with E-state index >= 15 is 0 Å². The fraction of sp³-hybridized carbons (Fsp3) is 0.250. The zero-order valence-corrected chi connectivity index (χ0v) is 18.0. The van der Waals surface area contributed by atoms with E-state index in [1.807, 2.05) is 30.3 Å². The number of benzene rings is 2. The van der Waals surface area contributed by atoms with Crippen LogP contribution in [0.2, 0.25) is 0 Å². The molecule has 2 N–H and O–H groups in total. The summed E-state index contributed by atoms with van der Waals surface area (Å²) in [7, 11) is 2.84. The van der Waals surface area contributed by atoms with Crippen LogP contribution in [0.5, 0.6) is 5.75 Å². The van der Waals surface area contributed by atoms with E-state index in [-0.39, 0.29) is 12.2 Å². The molecule has 164 valence electrons. The molecule has 2 aromatic rings. The molecule has 0 saturated heterocycles. The third-order valence-corrected chi connectivity index (χ3v) is 4.52. The molecule has 0 aliphatic heterocycles. The van der Waals surface area contributed by atoms with Gasteiger partial charge < -0.3 is 24.8 Å². The van der Waals surface area contributed by atoms with Crippen LogP contribution in [0.1, 0.15) is 24.1 Å². The lowest BCUT2D eigenvalue weighted by molar-refractivity contribution is -0.136. The number of carbonyl (C=O) groups excluding carboxylic acids is 2. The van der Waals surface area contributed by atoms with Gasteiger partial charge in [0.15, 0.2) is 0 Å². The Morgan fingerprint density at radius 2 is 1.84 bits per heavy atom. The van der Waals surface area contributed by atoms with Gasteiger partial charge in [0.1, 0.15) is 12.4 Å². The van der Waals surface area contributed by atoms with Crippen molar-refractivity contribution in [3.05, 3.63) is 89.6 Å². The Balaban J connectivity index is 2.44. The maximum absolute atomic E-state index is 12.8. The Kier molecular flexibility index (Phi) is 9.16. The molecule has 0 radical (unpaired) electrons. The number of methoxy groups -OCH3 is 2. The Labute approximate surface area is 182 Å². The van der Waals surface area contributed by atoms with Gasteiger partial charge in [0.25, 0.3) is 0 Å². The number of esters is 1. The second-order valence-corrected chi connectivity index (χ2v) is 6.61. The van der Waals surface area contributed by atoms with Crippen molar-refractivity contribution in [2.75, 3.05) is 20.8 Å². The van der Waals surface area contributed by atoms with Crippen LogP contribution in [0.15, 0.2) is 78.5 Å². The lowest BCUT2D eigenvalue weighted by atomic mass is 9.96. The first-order valence-electron chi connectivity index (χ1n) is 9.75. The molecule has 0 aliphatic carbocycles. The summed E-state index contributed by atoms with van der Waals surface area (Å²) in [5, 5.41) is 6.00. The second kappa shape index (κ2) is 12.1. The number of allylic oxidation sites excluding steroid dienone is 1. The van der Waals surface area contributed by atoms with Crippen molar-refractivity contribution in [1.29, 1.82) is 0 Å². The lowest BCUT2D eigenvalue weighted by Crippen LogP contribution is -2.34. The van der Waals surface area contributed by atoms with Crippen LogP contribution in [0.4, 0.5) is 4.79 Å². The van der Waals surface area contributed by atoms with Crippen molar-refractivity contribution in [1.82, 2.24) is 10.6 Å². The summed E-state index contributed by atoms with van der Waals surface area (Å²) in [5.74, 6) is 0.0118. The third kappa shape index (κ3) is 6.92. The van der Waals surface area contributed by atoms with E-state index in [1.165, 1.54) is 13.2 Å². The number of carbonyl (C=O) groups is 2. The number of alkyl carbamates (subject to hydrolysis) is 1. The van der Waals surface area contributed by atoms with Gasteiger partial charge in [-0.25, -0.2) is 9.59 Å². The fourth-order valence-electron chi connectivity index (χ4n) is 2.96. The largest absolute Gasteiger partial charge is 0.497 e. The van der Waals surface area contributed by atoms with E-state index in [0.717, 1.165) is 5.56 Å². The summed E-state index contributed by atoms with van der Waals surface area (Å²) in [5.41, 5.74) is 2.49. The molecule has 7 heteroatoms. The van der Waals surface area contributed by atoms with Crippen LogP contribution in [-0.2, 0) is 20.8 Å². The topological polar surface area (TPSA) is 85.9 Å². The number of amides is 1. The highest BCUT2D eigenvalue weighted by molar-refractivity contribution is 5.91. The lowest BCUT2D eigenvalue weighted by Gasteiger charge is -2.23. The molecule has 2 aromatic carbocycles. The van der Waals surface area contributed by atoms with E-state index < -0.39 is 18.1 Å². The highest BCUT2D eigenvalue weighted by atomic mass is 16.5.